The van der Waals surface area contributed by atoms with E-state index in [9.17, 15) is 24.3 Å². The van der Waals surface area contributed by atoms with Crippen molar-refractivity contribution in [1.29, 1.82) is 0 Å². The van der Waals surface area contributed by atoms with E-state index in [1.54, 1.807) is 0 Å². The molecule has 6 N–H and O–H groups in total. The van der Waals surface area contributed by atoms with Gasteiger partial charge in [0.05, 0.1) is 0 Å². The van der Waals surface area contributed by atoms with Crippen molar-refractivity contribution in [3.8, 4) is 0 Å². The molecular weight excluding hydrogens is 624 g/mol. The summed E-state index contributed by atoms with van der Waals surface area (Å²) in [5.74, 6) is -3.81. The first-order chi connectivity index (χ1) is 20.5. The molecule has 0 aromatic carbocycles. The number of piperazine rings is 1. The molecule has 15 nitrogen and oxygen atoms in total. The number of nitrogens with zero attached hydrogens (tertiary/aromatic N) is 5. The predicted molar refractivity (Wildman–Crippen MR) is 158 cm³/mol. The van der Waals surface area contributed by atoms with E-state index < -0.39 is 47.0 Å². The van der Waals surface area contributed by atoms with Crippen LogP contribution in [-0.2, 0) is 30.6 Å². The minimum Gasteiger partial charge on any atom is -0.478 e. The number of rotatable bonds is 10. The van der Waals surface area contributed by atoms with Crippen LogP contribution in [0.25, 0.3) is 0 Å². The molecule has 2 aromatic heterocycles. The zero-order valence-electron chi connectivity index (χ0n) is 22.7. The SMILES string of the molecule is C[C@H](O/N=C(\C(=O)N[C@@H]1C(=O)N2C(C(=O)O)=C(C[n+]3ccc(N4CCNCC4)cc3)CS[C@H]12)c1nc(N)sc1Cl)C(=O)O. The summed E-state index contributed by atoms with van der Waals surface area (Å²) in [6.07, 6.45) is 2.36. The van der Waals surface area contributed by atoms with Crippen molar-refractivity contribution >= 4 is 75.0 Å². The number of pyridine rings is 1. The maximum absolute atomic E-state index is 13.3. The van der Waals surface area contributed by atoms with Crippen molar-refractivity contribution in [2.45, 2.75) is 31.0 Å². The van der Waals surface area contributed by atoms with Crippen LogP contribution < -0.4 is 25.8 Å². The van der Waals surface area contributed by atoms with Crippen LogP contribution in [-0.4, -0.2) is 99.0 Å². The molecule has 0 aliphatic carbocycles. The van der Waals surface area contributed by atoms with Crippen LogP contribution in [0.2, 0.25) is 4.34 Å². The summed E-state index contributed by atoms with van der Waals surface area (Å²) >= 11 is 8.33. The van der Waals surface area contributed by atoms with E-state index in [-0.39, 0.29) is 27.4 Å². The number of carbonyl (C=O) groups is 4. The lowest BCUT2D eigenvalue weighted by molar-refractivity contribution is -0.689. The number of β-lactam (4-membered cyclic amide) rings is 1. The molecule has 3 aliphatic heterocycles. The van der Waals surface area contributed by atoms with Gasteiger partial charge in [0.15, 0.2) is 29.8 Å². The number of thioether (sulfide) groups is 1. The largest absolute Gasteiger partial charge is 0.478 e. The van der Waals surface area contributed by atoms with Crippen LogP contribution in [0.5, 0.6) is 0 Å². The van der Waals surface area contributed by atoms with Gasteiger partial charge in [-0.2, -0.15) is 0 Å². The van der Waals surface area contributed by atoms with Gasteiger partial charge in [-0.25, -0.2) is 19.1 Å². The average molecular weight is 652 g/mol. The number of nitrogens with one attached hydrogen (secondary N) is 2. The van der Waals surface area contributed by atoms with Crippen molar-refractivity contribution in [1.82, 2.24) is 20.5 Å². The highest BCUT2D eigenvalue weighted by Crippen LogP contribution is 2.40. The topological polar surface area (TPSA) is 204 Å². The third kappa shape index (κ3) is 6.39. The molecule has 2 fully saturated rings. The average Bonchev–Trinajstić information content (AvgIpc) is 3.33. The number of fused-ring (bicyclic) bond motifs is 1. The minimum atomic E-state index is -1.40. The molecule has 0 bridgehead atoms. The number of aliphatic carboxylic acids is 2. The Morgan fingerprint density at radius 1 is 1.30 bits per heavy atom. The Bertz CT molecular complexity index is 1510. The number of carboxylic acids is 2. The quantitative estimate of drug-likeness (QED) is 0.0973. The second-order valence-electron chi connectivity index (χ2n) is 9.78. The molecular formula is C25H28ClN8O7S2+. The molecule has 18 heteroatoms. The number of carbonyl (C=O) groups excluding carboxylic acids is 2. The summed E-state index contributed by atoms with van der Waals surface area (Å²) in [6, 6.07) is 2.87. The lowest BCUT2D eigenvalue weighted by atomic mass is 10.0. The maximum Gasteiger partial charge on any atom is 0.352 e. The van der Waals surface area contributed by atoms with Gasteiger partial charge in [0.1, 0.15) is 27.1 Å². The van der Waals surface area contributed by atoms with Gasteiger partial charge < -0.3 is 36.3 Å². The smallest absolute Gasteiger partial charge is 0.352 e. The lowest BCUT2D eigenvalue weighted by Gasteiger charge is -2.49. The van der Waals surface area contributed by atoms with Crippen LogP contribution in [0, 0.1) is 0 Å². The summed E-state index contributed by atoms with van der Waals surface area (Å²) in [5.41, 5.74) is 6.57. The van der Waals surface area contributed by atoms with Gasteiger partial charge in [-0.1, -0.05) is 28.1 Å². The Balaban J connectivity index is 1.31. The Labute approximate surface area is 258 Å². The van der Waals surface area contributed by atoms with Gasteiger partial charge in [0.25, 0.3) is 11.8 Å². The number of thiazole rings is 1. The Hall–Kier alpha value is -3.93. The third-order valence-corrected chi connectivity index (χ3v) is 9.38. The van der Waals surface area contributed by atoms with Crippen molar-refractivity contribution in [3.05, 3.63) is 45.8 Å². The van der Waals surface area contributed by atoms with Crippen molar-refractivity contribution < 1.29 is 38.8 Å². The zero-order chi connectivity index (χ0) is 30.8. The van der Waals surface area contributed by atoms with Crippen molar-refractivity contribution in [3.63, 3.8) is 0 Å². The molecule has 2 saturated heterocycles. The van der Waals surface area contributed by atoms with E-state index >= 15 is 0 Å². The van der Waals surface area contributed by atoms with Gasteiger partial charge in [0, 0.05) is 55.3 Å². The summed E-state index contributed by atoms with van der Waals surface area (Å²) in [7, 11) is 0. The number of carboxylic acid groups (broad SMARTS) is 2. The highest BCUT2D eigenvalue weighted by molar-refractivity contribution is 8.00. The van der Waals surface area contributed by atoms with Gasteiger partial charge >= 0.3 is 11.9 Å². The molecule has 0 unspecified atom stereocenters. The molecule has 2 aromatic rings. The van der Waals surface area contributed by atoms with Gasteiger partial charge in [-0.15, -0.1) is 11.8 Å². The first-order valence-corrected chi connectivity index (χ1v) is 15.3. The molecule has 0 radical (unpaired) electrons. The number of hydrogen-bond acceptors (Lipinski definition) is 12. The maximum atomic E-state index is 13.3. The Kier molecular flexibility index (Phi) is 9.05. The van der Waals surface area contributed by atoms with Crippen LogP contribution >= 0.6 is 34.7 Å². The molecule has 43 heavy (non-hydrogen) atoms. The number of anilines is 2. The summed E-state index contributed by atoms with van der Waals surface area (Å²) in [6.45, 7) is 5.10. The Morgan fingerprint density at radius 3 is 2.60 bits per heavy atom. The summed E-state index contributed by atoms with van der Waals surface area (Å²) in [5, 5.41) is 28.0. The predicted octanol–water partition coefficient (Wildman–Crippen LogP) is -0.292. The first kappa shape index (κ1) is 30.5. The second kappa shape index (κ2) is 12.7. The fourth-order valence-corrected chi connectivity index (χ4v) is 7.02. The minimum absolute atomic E-state index is 0.00536. The van der Waals surface area contributed by atoms with E-state index in [1.165, 1.54) is 23.6 Å². The first-order valence-electron chi connectivity index (χ1n) is 13.1. The summed E-state index contributed by atoms with van der Waals surface area (Å²) in [4.78, 5) is 62.3. The molecule has 0 spiro atoms. The van der Waals surface area contributed by atoms with Crippen molar-refractivity contribution in [2.75, 3.05) is 42.6 Å². The fourth-order valence-electron chi connectivity index (χ4n) is 4.76. The number of oxime groups is 1. The molecule has 0 saturated carbocycles. The fraction of sp³-hybridized carbons (Fsp3) is 0.400. The number of hydrogen-bond donors (Lipinski definition) is 5. The Morgan fingerprint density at radius 2 is 2.00 bits per heavy atom. The second-order valence-corrected chi connectivity index (χ2v) is 12.5. The van der Waals surface area contributed by atoms with Crippen molar-refractivity contribution in [2.24, 2.45) is 5.16 Å². The standard InChI is InChI=1S/C25H27ClN8O7S2/c1-12(23(37)38)41-31-16(15-19(26)43-25(27)30-15)20(35)29-17-21(36)34-18(24(39)40)13(11-42-22(17)34)10-32-6-2-14(3-7-32)33-8-4-28-5-9-33/h2-3,6-7,12,17,22,28H,4-5,8-11H2,1H3,(H4-,27,29,30,35,37,38,39,40)/p+1/b31-16-/t12-,17+,22+/m0/s1. The lowest BCUT2D eigenvalue weighted by Crippen LogP contribution is -2.71. The van der Waals surface area contributed by atoms with E-state index in [4.69, 9.17) is 27.3 Å². The van der Waals surface area contributed by atoms with Crippen LogP contribution in [0.1, 0.15) is 12.6 Å². The highest BCUT2D eigenvalue weighted by atomic mass is 35.5. The van der Waals surface area contributed by atoms with Gasteiger partial charge in [-0.05, 0) is 6.92 Å². The van der Waals surface area contributed by atoms with E-state index in [0.717, 1.165) is 43.2 Å². The van der Waals surface area contributed by atoms with Gasteiger partial charge in [-0.3, -0.25) is 14.5 Å². The van der Waals surface area contributed by atoms with E-state index in [2.05, 4.69) is 25.7 Å². The number of amides is 2. The number of aromatic nitrogens is 2. The third-order valence-electron chi connectivity index (χ3n) is 6.96. The molecule has 3 atom stereocenters. The number of nitrogens with two attached hydrogens (primary N) is 1. The van der Waals surface area contributed by atoms with Crippen LogP contribution in [0.15, 0.2) is 41.0 Å². The molecule has 228 valence electrons. The van der Waals surface area contributed by atoms with Crippen LogP contribution in [0.3, 0.4) is 0 Å². The van der Waals surface area contributed by atoms with Gasteiger partial charge in [0.2, 0.25) is 6.10 Å². The highest BCUT2D eigenvalue weighted by Gasteiger charge is 2.55. The van der Waals surface area contributed by atoms with E-state index in [0.29, 0.717) is 11.3 Å². The van der Waals surface area contributed by atoms with Crippen LogP contribution in [0.4, 0.5) is 10.8 Å². The zero-order valence-corrected chi connectivity index (χ0v) is 25.1. The normalized spacial score (nSPS) is 21.2. The monoisotopic (exact) mass is 651 g/mol. The molecule has 5 rings (SSSR count). The molecule has 2 amide bonds. The number of nitrogen functional groups attached to an aromatic ring is 1. The molecule has 3 aliphatic rings. The summed E-state index contributed by atoms with van der Waals surface area (Å²) < 4.78 is 1.87. The van der Waals surface area contributed by atoms with E-state index in [1.807, 2.05) is 29.1 Å². The molecule has 5 heterocycles. The number of halogens is 1.